The first-order valence-corrected chi connectivity index (χ1v) is 9.37. The molecule has 0 amide bonds. The highest BCUT2D eigenvalue weighted by Crippen LogP contribution is 2.26. The van der Waals surface area contributed by atoms with Crippen molar-refractivity contribution in [1.82, 2.24) is 24.0 Å². The van der Waals surface area contributed by atoms with E-state index in [9.17, 15) is 0 Å². The molecule has 4 aromatic rings. The zero-order valence-electron chi connectivity index (χ0n) is 15.2. The third kappa shape index (κ3) is 3.04. The van der Waals surface area contributed by atoms with Crippen LogP contribution in [0.2, 0.25) is 0 Å². The molecular weight excluding hydrogens is 340 g/mol. The van der Waals surface area contributed by atoms with Gasteiger partial charge in [0.25, 0.3) is 0 Å². The largest absolute Gasteiger partial charge is 0.381 e. The molecule has 0 bridgehead atoms. The zero-order chi connectivity index (χ0) is 18.2. The molecule has 138 valence electrons. The van der Waals surface area contributed by atoms with Gasteiger partial charge in [0.05, 0.1) is 17.8 Å². The summed E-state index contributed by atoms with van der Waals surface area (Å²) >= 11 is 0. The number of nitrogens with one attached hydrogen (secondary N) is 1. The van der Waals surface area contributed by atoms with Crippen LogP contribution in [0.1, 0.15) is 25.7 Å². The average molecular weight is 362 g/mol. The van der Waals surface area contributed by atoms with Crippen LogP contribution in [-0.4, -0.2) is 43.2 Å². The Morgan fingerprint density at radius 1 is 1.07 bits per heavy atom. The molecule has 0 spiro atoms. The fraction of sp³-hybridized carbons (Fsp3) is 0.350. The number of anilines is 1. The van der Waals surface area contributed by atoms with Crippen LogP contribution in [0.4, 0.5) is 5.95 Å². The molecule has 5 rings (SSSR count). The highest BCUT2D eigenvalue weighted by molar-refractivity contribution is 5.80. The second-order valence-corrected chi connectivity index (χ2v) is 7.11. The predicted octanol–water partition coefficient (Wildman–Crippen LogP) is 3.41. The highest BCUT2D eigenvalue weighted by Gasteiger charge is 2.21. The second-order valence-electron chi connectivity index (χ2n) is 7.11. The van der Waals surface area contributed by atoms with Gasteiger partial charge in [-0.2, -0.15) is 0 Å². The molecule has 0 radical (unpaired) electrons. The number of pyridine rings is 1. The predicted molar refractivity (Wildman–Crippen MR) is 104 cm³/mol. The maximum Gasteiger partial charge on any atom is 0.241 e. The van der Waals surface area contributed by atoms with Gasteiger partial charge in [0, 0.05) is 49.1 Å². The fourth-order valence-electron chi connectivity index (χ4n) is 3.92. The number of hydrogen-bond acceptors (Lipinski definition) is 5. The molecule has 7 heteroatoms. The summed E-state index contributed by atoms with van der Waals surface area (Å²) in [7, 11) is 1.80. The summed E-state index contributed by atoms with van der Waals surface area (Å²) in [5, 5.41) is 8.13. The Labute approximate surface area is 157 Å². The van der Waals surface area contributed by atoms with Crippen molar-refractivity contribution in [3.63, 3.8) is 0 Å². The van der Waals surface area contributed by atoms with E-state index < -0.39 is 0 Å². The van der Waals surface area contributed by atoms with Crippen molar-refractivity contribution in [3.05, 3.63) is 49.2 Å². The van der Waals surface area contributed by atoms with Crippen molar-refractivity contribution in [2.75, 3.05) is 12.4 Å². The van der Waals surface area contributed by atoms with Gasteiger partial charge in [0.2, 0.25) is 5.95 Å². The molecule has 7 nitrogen and oxygen atoms in total. The molecule has 0 saturated heterocycles. The van der Waals surface area contributed by atoms with E-state index in [-0.39, 0.29) is 0 Å². The van der Waals surface area contributed by atoms with Crippen molar-refractivity contribution in [2.24, 2.45) is 0 Å². The number of rotatable bonds is 4. The second kappa shape index (κ2) is 6.66. The first-order chi connectivity index (χ1) is 13.3. The summed E-state index contributed by atoms with van der Waals surface area (Å²) in [6.45, 7) is 0. The Kier molecular flexibility index (Phi) is 4.01. The minimum Gasteiger partial charge on any atom is -0.381 e. The number of imidazole rings is 1. The Balaban J connectivity index is 1.39. The van der Waals surface area contributed by atoms with Gasteiger partial charge < -0.3 is 14.5 Å². The fourth-order valence-corrected chi connectivity index (χ4v) is 3.92. The minimum absolute atomic E-state index is 0.395. The molecular formula is C20H22N6O. The number of ether oxygens (including phenoxy) is 1. The van der Waals surface area contributed by atoms with Crippen LogP contribution < -0.4 is 5.32 Å². The van der Waals surface area contributed by atoms with Crippen molar-refractivity contribution in [3.8, 4) is 11.1 Å². The van der Waals surface area contributed by atoms with Gasteiger partial charge in [0.1, 0.15) is 5.65 Å². The van der Waals surface area contributed by atoms with E-state index in [2.05, 4.69) is 38.7 Å². The number of methoxy groups -OCH3 is 1. The first kappa shape index (κ1) is 16.3. The normalized spacial score (nSPS) is 20.3. The lowest BCUT2D eigenvalue weighted by molar-refractivity contribution is 0.0681. The summed E-state index contributed by atoms with van der Waals surface area (Å²) < 4.78 is 9.36. The molecule has 4 heterocycles. The molecule has 1 N–H and O–H groups in total. The van der Waals surface area contributed by atoms with Crippen molar-refractivity contribution in [1.29, 1.82) is 0 Å². The lowest BCUT2D eigenvalue weighted by Gasteiger charge is -2.28. The van der Waals surface area contributed by atoms with Crippen LogP contribution in [-0.2, 0) is 4.74 Å². The maximum absolute atomic E-state index is 5.44. The summed E-state index contributed by atoms with van der Waals surface area (Å²) in [5.41, 5.74) is 4.15. The molecule has 27 heavy (non-hydrogen) atoms. The monoisotopic (exact) mass is 362 g/mol. The quantitative estimate of drug-likeness (QED) is 0.602. The lowest BCUT2D eigenvalue weighted by Crippen LogP contribution is -2.30. The van der Waals surface area contributed by atoms with Gasteiger partial charge in [-0.1, -0.05) is 0 Å². The SMILES string of the molecule is COC1CCC(Nc2ncc3c(-c4ccc5nccn5c4)ccn3n2)CC1. The van der Waals surface area contributed by atoms with Gasteiger partial charge in [0.15, 0.2) is 0 Å². The minimum atomic E-state index is 0.395. The Morgan fingerprint density at radius 3 is 2.81 bits per heavy atom. The van der Waals surface area contributed by atoms with Gasteiger partial charge in [-0.15, -0.1) is 5.10 Å². The molecule has 0 aromatic carbocycles. The van der Waals surface area contributed by atoms with E-state index in [0.717, 1.165) is 48.0 Å². The van der Waals surface area contributed by atoms with Crippen LogP contribution in [0.15, 0.2) is 49.2 Å². The molecule has 1 aliphatic rings. The highest BCUT2D eigenvalue weighted by atomic mass is 16.5. The smallest absolute Gasteiger partial charge is 0.241 e. The summed E-state index contributed by atoms with van der Waals surface area (Å²) in [4.78, 5) is 8.85. The Morgan fingerprint density at radius 2 is 1.96 bits per heavy atom. The third-order valence-electron chi connectivity index (χ3n) is 5.46. The summed E-state index contributed by atoms with van der Waals surface area (Å²) in [6.07, 6.45) is 14.4. The van der Waals surface area contributed by atoms with Gasteiger partial charge in [-0.05, 0) is 43.9 Å². The van der Waals surface area contributed by atoms with Crippen LogP contribution in [0.5, 0.6) is 0 Å². The van der Waals surface area contributed by atoms with Gasteiger partial charge in [-0.25, -0.2) is 14.5 Å². The van der Waals surface area contributed by atoms with E-state index in [1.165, 1.54) is 0 Å². The number of hydrogen-bond donors (Lipinski definition) is 1. The van der Waals surface area contributed by atoms with E-state index in [4.69, 9.17) is 4.74 Å². The third-order valence-corrected chi connectivity index (χ3v) is 5.46. The summed E-state index contributed by atoms with van der Waals surface area (Å²) in [6, 6.07) is 6.59. The van der Waals surface area contributed by atoms with E-state index in [1.807, 2.05) is 33.6 Å². The number of aromatic nitrogens is 5. The standard InChI is InChI=1S/C20H22N6O/c1-27-16-5-3-15(4-6-16)23-20-22-12-18-17(8-10-26(18)24-20)14-2-7-19-21-9-11-25(19)13-14/h2,7-13,15-16H,3-6H2,1H3,(H,23,24). The first-order valence-electron chi connectivity index (χ1n) is 9.37. The molecule has 4 aromatic heterocycles. The zero-order valence-corrected chi connectivity index (χ0v) is 15.2. The van der Waals surface area contributed by atoms with Crippen molar-refractivity contribution >= 4 is 17.1 Å². The van der Waals surface area contributed by atoms with Crippen LogP contribution >= 0.6 is 0 Å². The molecule has 0 atom stereocenters. The lowest BCUT2D eigenvalue weighted by atomic mass is 9.93. The van der Waals surface area contributed by atoms with Crippen LogP contribution in [0, 0.1) is 0 Å². The number of nitrogens with zero attached hydrogens (tertiary/aromatic N) is 5. The number of fused-ring (bicyclic) bond motifs is 2. The summed E-state index contributed by atoms with van der Waals surface area (Å²) in [5.74, 6) is 0.676. The van der Waals surface area contributed by atoms with Crippen molar-refractivity contribution in [2.45, 2.75) is 37.8 Å². The van der Waals surface area contributed by atoms with Gasteiger partial charge >= 0.3 is 0 Å². The molecule has 1 fully saturated rings. The Bertz CT molecular complexity index is 1080. The molecule has 1 aliphatic carbocycles. The van der Waals surface area contributed by atoms with Crippen molar-refractivity contribution < 1.29 is 4.74 Å². The van der Waals surface area contributed by atoms with Crippen LogP contribution in [0.3, 0.4) is 0 Å². The van der Waals surface area contributed by atoms with Gasteiger partial charge in [-0.3, -0.25) is 0 Å². The maximum atomic E-state index is 5.44. The van der Waals surface area contributed by atoms with E-state index in [1.54, 1.807) is 13.3 Å². The van der Waals surface area contributed by atoms with E-state index >= 15 is 0 Å². The van der Waals surface area contributed by atoms with Crippen LogP contribution in [0.25, 0.3) is 22.3 Å². The molecule has 1 saturated carbocycles. The topological polar surface area (TPSA) is 68.8 Å². The van der Waals surface area contributed by atoms with E-state index in [0.29, 0.717) is 18.1 Å². The average Bonchev–Trinajstić information content (AvgIpc) is 3.34. The Hall–Kier alpha value is -2.93. The molecule has 0 unspecified atom stereocenters. The molecule has 0 aliphatic heterocycles.